The largest absolute Gasteiger partial charge is 0.573 e. The van der Waals surface area contributed by atoms with E-state index in [0.717, 1.165) is 12.1 Å². The molecular weight excluding hydrogens is 505 g/mol. The van der Waals surface area contributed by atoms with Crippen LogP contribution in [-0.4, -0.2) is 33.3 Å². The van der Waals surface area contributed by atoms with E-state index in [1.807, 2.05) is 0 Å². The van der Waals surface area contributed by atoms with Gasteiger partial charge in [-0.15, -0.1) is 13.2 Å². The molecule has 7 nitrogen and oxygen atoms in total. The number of hydrogen-bond donors (Lipinski definition) is 2. The quantitative estimate of drug-likeness (QED) is 0.573. The Labute approximate surface area is 185 Å². The summed E-state index contributed by atoms with van der Waals surface area (Å²) in [4.78, 5) is 11.9. The second-order valence-corrected chi connectivity index (χ2v) is 9.28. The third kappa shape index (κ3) is 5.89. The lowest BCUT2D eigenvalue weighted by Crippen LogP contribution is -2.37. The van der Waals surface area contributed by atoms with Crippen LogP contribution in [0.5, 0.6) is 11.5 Å². The summed E-state index contributed by atoms with van der Waals surface area (Å²) in [6.07, 6.45) is -4.99. The highest BCUT2D eigenvalue weighted by molar-refractivity contribution is 9.10. The first-order valence-electron chi connectivity index (χ1n) is 9.14. The van der Waals surface area contributed by atoms with Gasteiger partial charge in [0.2, 0.25) is 10.0 Å². The van der Waals surface area contributed by atoms with Gasteiger partial charge in [-0.05, 0) is 42.7 Å². The zero-order chi connectivity index (χ0) is 22.8. The molecule has 1 aliphatic heterocycles. The van der Waals surface area contributed by atoms with Gasteiger partial charge in [0.15, 0.2) is 11.9 Å². The monoisotopic (exact) mass is 522 g/mol. The lowest BCUT2D eigenvalue weighted by molar-refractivity contribution is -0.274. The van der Waals surface area contributed by atoms with Crippen molar-refractivity contribution < 1.29 is 35.9 Å². The van der Waals surface area contributed by atoms with Crippen molar-refractivity contribution in [3.05, 3.63) is 46.4 Å². The Hall–Kier alpha value is -2.31. The topological polar surface area (TPSA) is 93.7 Å². The van der Waals surface area contributed by atoms with Crippen LogP contribution in [-0.2, 0) is 21.2 Å². The SMILES string of the molecule is CCC1Oc2c(cc(Br)cc2S(=O)(=O)NCCc2ccc(OC(F)(F)F)cc2)NC1=O. The van der Waals surface area contributed by atoms with Crippen LogP contribution in [0.3, 0.4) is 0 Å². The second kappa shape index (κ2) is 9.05. The number of rotatable bonds is 7. The smallest absolute Gasteiger partial charge is 0.477 e. The number of carbonyl (C=O) groups is 1. The molecule has 1 amide bonds. The van der Waals surface area contributed by atoms with Crippen molar-refractivity contribution in [3.8, 4) is 11.5 Å². The third-order valence-electron chi connectivity index (χ3n) is 4.35. The molecule has 12 heteroatoms. The summed E-state index contributed by atoms with van der Waals surface area (Å²) in [5, 5.41) is 2.64. The third-order valence-corrected chi connectivity index (χ3v) is 6.28. The van der Waals surface area contributed by atoms with Crippen LogP contribution in [0.4, 0.5) is 18.9 Å². The first-order valence-corrected chi connectivity index (χ1v) is 11.4. The van der Waals surface area contributed by atoms with E-state index in [0.29, 0.717) is 16.5 Å². The van der Waals surface area contributed by atoms with Crippen molar-refractivity contribution in [1.29, 1.82) is 0 Å². The Morgan fingerprint density at radius 2 is 1.90 bits per heavy atom. The first-order chi connectivity index (χ1) is 14.5. The van der Waals surface area contributed by atoms with Crippen molar-refractivity contribution in [3.63, 3.8) is 0 Å². The molecule has 1 atom stereocenters. The maximum atomic E-state index is 12.9. The van der Waals surface area contributed by atoms with Gasteiger partial charge in [0.05, 0.1) is 5.69 Å². The van der Waals surface area contributed by atoms with Gasteiger partial charge in [-0.25, -0.2) is 13.1 Å². The number of sulfonamides is 1. The number of hydrogen-bond acceptors (Lipinski definition) is 5. The second-order valence-electron chi connectivity index (χ2n) is 6.62. The van der Waals surface area contributed by atoms with Crippen LogP contribution in [0, 0.1) is 0 Å². The van der Waals surface area contributed by atoms with Crippen LogP contribution in [0.2, 0.25) is 0 Å². The van der Waals surface area contributed by atoms with Gasteiger partial charge in [-0.2, -0.15) is 0 Å². The van der Waals surface area contributed by atoms with Crippen LogP contribution < -0.4 is 19.5 Å². The van der Waals surface area contributed by atoms with Gasteiger partial charge in [-0.1, -0.05) is 35.0 Å². The normalized spacial score (nSPS) is 16.3. The number of halogens is 4. The van der Waals surface area contributed by atoms with Crippen molar-refractivity contribution in [2.24, 2.45) is 0 Å². The van der Waals surface area contributed by atoms with Crippen molar-refractivity contribution >= 4 is 37.5 Å². The number of alkyl halides is 3. The number of anilines is 1. The predicted molar refractivity (Wildman–Crippen MR) is 109 cm³/mol. The summed E-state index contributed by atoms with van der Waals surface area (Å²) in [6.45, 7) is 1.73. The average molecular weight is 523 g/mol. The maximum absolute atomic E-state index is 12.9. The molecule has 0 aliphatic carbocycles. The average Bonchev–Trinajstić information content (AvgIpc) is 2.67. The van der Waals surface area contributed by atoms with Crippen molar-refractivity contribution in [2.45, 2.75) is 37.1 Å². The van der Waals surface area contributed by atoms with Crippen LogP contribution in [0.15, 0.2) is 45.8 Å². The van der Waals surface area contributed by atoms with Crippen LogP contribution in [0.25, 0.3) is 0 Å². The van der Waals surface area contributed by atoms with Gasteiger partial charge in [0.25, 0.3) is 5.91 Å². The van der Waals surface area contributed by atoms with E-state index in [9.17, 15) is 26.4 Å². The minimum atomic E-state index is -4.78. The molecule has 2 aromatic rings. The molecule has 2 N–H and O–H groups in total. The molecule has 3 rings (SSSR count). The predicted octanol–water partition coefficient (Wildman–Crippen LogP) is 3.98. The van der Waals surface area contributed by atoms with Gasteiger partial charge < -0.3 is 14.8 Å². The van der Waals surface area contributed by atoms with Gasteiger partial charge in [0.1, 0.15) is 10.6 Å². The number of carbonyl (C=O) groups excluding carboxylic acids is 1. The lowest BCUT2D eigenvalue weighted by atomic mass is 10.1. The van der Waals surface area contributed by atoms with E-state index < -0.39 is 22.5 Å². The molecule has 0 saturated heterocycles. The summed E-state index contributed by atoms with van der Waals surface area (Å²) in [5.74, 6) is -0.666. The zero-order valence-corrected chi connectivity index (χ0v) is 18.5. The minimum Gasteiger partial charge on any atom is -0.477 e. The van der Waals surface area contributed by atoms with E-state index in [1.54, 1.807) is 13.0 Å². The highest BCUT2D eigenvalue weighted by Gasteiger charge is 2.32. The molecule has 168 valence electrons. The maximum Gasteiger partial charge on any atom is 0.573 e. The molecule has 1 heterocycles. The zero-order valence-electron chi connectivity index (χ0n) is 16.1. The van der Waals surface area contributed by atoms with Crippen LogP contribution >= 0.6 is 15.9 Å². The molecule has 1 unspecified atom stereocenters. The Morgan fingerprint density at radius 1 is 1.23 bits per heavy atom. The molecule has 0 aromatic heterocycles. The fourth-order valence-electron chi connectivity index (χ4n) is 2.93. The molecule has 31 heavy (non-hydrogen) atoms. The van der Waals surface area contributed by atoms with Crippen molar-refractivity contribution in [1.82, 2.24) is 4.72 Å². The molecule has 0 saturated carbocycles. The van der Waals surface area contributed by atoms with E-state index in [1.165, 1.54) is 18.2 Å². The van der Waals surface area contributed by atoms with E-state index in [-0.39, 0.29) is 41.0 Å². The van der Waals surface area contributed by atoms with E-state index >= 15 is 0 Å². The molecular formula is C19H18BrF3N2O5S. The molecule has 0 fully saturated rings. The summed E-state index contributed by atoms with van der Waals surface area (Å²) >= 11 is 3.23. The van der Waals surface area contributed by atoms with Gasteiger partial charge >= 0.3 is 6.36 Å². The minimum absolute atomic E-state index is 0.00728. The van der Waals surface area contributed by atoms with Gasteiger partial charge in [0, 0.05) is 11.0 Å². The lowest BCUT2D eigenvalue weighted by Gasteiger charge is -2.27. The highest BCUT2D eigenvalue weighted by atomic mass is 79.9. The Bertz CT molecular complexity index is 1080. The number of amides is 1. The number of ether oxygens (including phenoxy) is 2. The number of benzene rings is 2. The summed E-state index contributed by atoms with van der Waals surface area (Å²) in [5.41, 5.74) is 0.854. The standard InChI is InChI=1S/C19H18BrF3N2O5S/c1-2-15-18(26)25-14-9-12(20)10-16(17(14)29-15)31(27,28)24-8-7-11-3-5-13(6-4-11)30-19(21,22)23/h3-6,9-10,15,24H,2,7-8H2,1H3,(H,25,26). The number of nitrogens with one attached hydrogen (secondary N) is 2. The van der Waals surface area contributed by atoms with E-state index in [4.69, 9.17) is 4.74 Å². The number of fused-ring (bicyclic) bond motifs is 1. The molecule has 0 spiro atoms. The molecule has 0 bridgehead atoms. The fourth-order valence-corrected chi connectivity index (χ4v) is 4.75. The molecule has 2 aromatic carbocycles. The Morgan fingerprint density at radius 3 is 2.52 bits per heavy atom. The first kappa shape index (κ1) is 23.4. The van der Waals surface area contributed by atoms with E-state index in [2.05, 4.69) is 30.7 Å². The molecule has 1 aliphatic rings. The van der Waals surface area contributed by atoms with Crippen LogP contribution in [0.1, 0.15) is 18.9 Å². The molecule has 0 radical (unpaired) electrons. The van der Waals surface area contributed by atoms with Crippen molar-refractivity contribution in [2.75, 3.05) is 11.9 Å². The van der Waals surface area contributed by atoms with Gasteiger partial charge in [-0.3, -0.25) is 4.79 Å². The summed E-state index contributed by atoms with van der Waals surface area (Å²) in [6, 6.07) is 8.06. The Kier molecular flexibility index (Phi) is 6.82. The fraction of sp³-hybridized carbons (Fsp3) is 0.316. The summed E-state index contributed by atoms with van der Waals surface area (Å²) in [7, 11) is -4.01. The highest BCUT2D eigenvalue weighted by Crippen LogP contribution is 2.39. The summed E-state index contributed by atoms with van der Waals surface area (Å²) < 4.78 is 74.7. The Balaban J connectivity index is 1.71.